The fourth-order valence-corrected chi connectivity index (χ4v) is 5.04. The van der Waals surface area contributed by atoms with E-state index in [0.29, 0.717) is 25.4 Å². The van der Waals surface area contributed by atoms with Crippen molar-refractivity contribution in [2.24, 2.45) is 0 Å². The summed E-state index contributed by atoms with van der Waals surface area (Å²) in [6.45, 7) is 1.61. The topological polar surface area (TPSA) is 94.4 Å². The fourth-order valence-electron chi connectivity index (χ4n) is 5.04. The van der Waals surface area contributed by atoms with Crippen LogP contribution >= 0.6 is 0 Å². The van der Waals surface area contributed by atoms with Gasteiger partial charge in [-0.05, 0) is 38.3 Å². The molecule has 1 saturated carbocycles. The third kappa shape index (κ3) is 3.75. The van der Waals surface area contributed by atoms with Crippen LogP contribution in [0.25, 0.3) is 0 Å². The van der Waals surface area contributed by atoms with Crippen LogP contribution in [0.5, 0.6) is 0 Å². The van der Waals surface area contributed by atoms with Crippen LogP contribution in [0.4, 0.5) is 10.5 Å². The van der Waals surface area contributed by atoms with Crippen molar-refractivity contribution in [3.05, 3.63) is 54.1 Å². The second-order valence-electron chi connectivity index (χ2n) is 8.31. The molecule has 2 amide bonds. The number of hydrogen-bond acceptors (Lipinski definition) is 6. The summed E-state index contributed by atoms with van der Waals surface area (Å²) in [5, 5.41) is 12.5. The van der Waals surface area contributed by atoms with E-state index in [2.05, 4.69) is 39.6 Å². The number of nitriles is 1. The molecule has 4 rings (SSSR count). The van der Waals surface area contributed by atoms with Gasteiger partial charge in [-0.25, -0.2) is 14.8 Å². The molecule has 0 bridgehead atoms. The van der Waals surface area contributed by atoms with Gasteiger partial charge in [0, 0.05) is 19.2 Å². The molecule has 1 aliphatic heterocycles. The average molecular weight is 421 g/mol. The fraction of sp³-hybridized carbons (Fsp3) is 0.478. The largest absolute Gasteiger partial charge is 0.383 e. The van der Waals surface area contributed by atoms with Crippen LogP contribution in [0.1, 0.15) is 37.1 Å². The smallest absolute Gasteiger partial charge is 0.325 e. The van der Waals surface area contributed by atoms with Gasteiger partial charge in [0.2, 0.25) is 5.82 Å². The van der Waals surface area contributed by atoms with Crippen LogP contribution in [0.3, 0.4) is 0 Å². The van der Waals surface area contributed by atoms with Gasteiger partial charge < -0.3 is 15.0 Å². The van der Waals surface area contributed by atoms with Gasteiger partial charge >= 0.3 is 6.03 Å². The van der Waals surface area contributed by atoms with Crippen molar-refractivity contribution in [2.75, 3.05) is 38.8 Å². The molecule has 1 N–H and O–H groups in total. The first-order valence-corrected chi connectivity index (χ1v) is 10.6. The number of amides is 2. The lowest BCUT2D eigenvalue weighted by molar-refractivity contribution is 0.0602. The van der Waals surface area contributed by atoms with Crippen LogP contribution in [0, 0.1) is 11.3 Å². The molecule has 1 aromatic carbocycles. The molecule has 1 spiro atoms. The summed E-state index contributed by atoms with van der Waals surface area (Å²) < 4.78 is 5.30. The summed E-state index contributed by atoms with van der Waals surface area (Å²) >= 11 is 0. The monoisotopic (exact) mass is 420 g/mol. The number of methoxy groups -OCH3 is 1. The minimum atomic E-state index is -0.265. The molecule has 1 aliphatic carbocycles. The highest BCUT2D eigenvalue weighted by Gasteiger charge is 2.53. The van der Waals surface area contributed by atoms with Crippen LogP contribution in [0.15, 0.2) is 42.7 Å². The van der Waals surface area contributed by atoms with Crippen molar-refractivity contribution in [3.8, 4) is 6.07 Å². The third-order valence-electron chi connectivity index (χ3n) is 6.89. The van der Waals surface area contributed by atoms with E-state index < -0.39 is 0 Å². The highest BCUT2D eigenvalue weighted by atomic mass is 16.5. The zero-order valence-corrected chi connectivity index (χ0v) is 18.0. The number of carbonyl (C=O) groups excluding carboxylic acids is 1. The molecular formula is C23H28N6O2. The molecule has 0 radical (unpaired) electrons. The van der Waals surface area contributed by atoms with E-state index in [1.165, 1.54) is 5.56 Å². The summed E-state index contributed by atoms with van der Waals surface area (Å²) in [7, 11) is 3.68. The maximum atomic E-state index is 13.4. The molecule has 2 heterocycles. The summed E-state index contributed by atoms with van der Waals surface area (Å²) in [6.07, 6.45) is 6.74. The van der Waals surface area contributed by atoms with Gasteiger partial charge in [-0.1, -0.05) is 30.3 Å². The molecule has 2 aromatic rings. The Labute approximate surface area is 182 Å². The first-order chi connectivity index (χ1) is 15.1. The van der Waals surface area contributed by atoms with Crippen LogP contribution < -0.4 is 10.2 Å². The summed E-state index contributed by atoms with van der Waals surface area (Å²) in [5.41, 5.74) is 1.56. The average Bonchev–Trinajstić information content (AvgIpc) is 3.10. The zero-order valence-electron chi connectivity index (χ0n) is 18.0. The number of ether oxygens (including phenoxy) is 1. The van der Waals surface area contributed by atoms with E-state index in [1.807, 2.05) is 24.1 Å². The molecule has 2 aliphatic rings. The van der Waals surface area contributed by atoms with Crippen LogP contribution in [0.2, 0.25) is 0 Å². The normalized spacial score (nSPS) is 25.8. The molecular weight excluding hydrogens is 392 g/mol. The van der Waals surface area contributed by atoms with Gasteiger partial charge in [-0.15, -0.1) is 0 Å². The van der Waals surface area contributed by atoms with Gasteiger partial charge in [-0.2, -0.15) is 5.26 Å². The summed E-state index contributed by atoms with van der Waals surface area (Å²) in [6, 6.07) is 12.4. The van der Waals surface area contributed by atoms with E-state index in [1.54, 1.807) is 24.4 Å². The Balaban J connectivity index is 1.61. The van der Waals surface area contributed by atoms with Crippen LogP contribution in [-0.4, -0.2) is 60.3 Å². The SMILES string of the molecule is CN[C@]1(c2ccccc2)CC[C@]2(CC1)CN(c1cnc(C#N)nc1)C(=O)N2CCOC. The van der Waals surface area contributed by atoms with E-state index in [0.717, 1.165) is 25.7 Å². The molecule has 162 valence electrons. The molecule has 8 nitrogen and oxygen atoms in total. The summed E-state index contributed by atoms with van der Waals surface area (Å²) in [4.78, 5) is 25.2. The van der Waals surface area contributed by atoms with Crippen molar-refractivity contribution in [3.63, 3.8) is 0 Å². The first-order valence-electron chi connectivity index (χ1n) is 10.6. The Morgan fingerprint density at radius 3 is 2.42 bits per heavy atom. The zero-order chi connectivity index (χ0) is 21.9. The lowest BCUT2D eigenvalue weighted by Crippen LogP contribution is -2.55. The van der Waals surface area contributed by atoms with E-state index in [4.69, 9.17) is 10.00 Å². The third-order valence-corrected chi connectivity index (χ3v) is 6.89. The van der Waals surface area contributed by atoms with Crippen molar-refractivity contribution in [1.29, 1.82) is 5.26 Å². The van der Waals surface area contributed by atoms with E-state index in [9.17, 15) is 4.79 Å². The van der Waals surface area contributed by atoms with Gasteiger partial charge in [0.05, 0.1) is 36.8 Å². The number of anilines is 1. The Bertz CT molecular complexity index is 948. The highest BCUT2D eigenvalue weighted by Crippen LogP contribution is 2.47. The molecule has 8 heteroatoms. The van der Waals surface area contributed by atoms with Crippen molar-refractivity contribution in [2.45, 2.75) is 36.8 Å². The van der Waals surface area contributed by atoms with Gasteiger partial charge in [-0.3, -0.25) is 4.90 Å². The second-order valence-corrected chi connectivity index (χ2v) is 8.31. The van der Waals surface area contributed by atoms with Crippen LogP contribution in [-0.2, 0) is 10.3 Å². The lowest BCUT2D eigenvalue weighted by atomic mass is 9.69. The number of benzene rings is 1. The molecule has 1 aromatic heterocycles. The Hall–Kier alpha value is -3.02. The molecule has 2 fully saturated rings. The quantitative estimate of drug-likeness (QED) is 0.772. The van der Waals surface area contributed by atoms with E-state index in [-0.39, 0.29) is 22.9 Å². The minimum absolute atomic E-state index is 0.0537. The predicted molar refractivity (Wildman–Crippen MR) is 116 cm³/mol. The Kier molecular flexibility index (Phi) is 5.90. The molecule has 0 unspecified atom stereocenters. The maximum Gasteiger partial charge on any atom is 0.325 e. The molecule has 1 saturated heterocycles. The number of carbonyl (C=O) groups is 1. The Morgan fingerprint density at radius 2 is 1.84 bits per heavy atom. The lowest BCUT2D eigenvalue weighted by Gasteiger charge is -2.48. The Morgan fingerprint density at radius 1 is 1.16 bits per heavy atom. The number of hydrogen-bond donors (Lipinski definition) is 1. The van der Waals surface area contributed by atoms with Crippen molar-refractivity contribution < 1.29 is 9.53 Å². The molecule has 0 atom stereocenters. The first kappa shape index (κ1) is 21.2. The second kappa shape index (κ2) is 8.61. The van der Waals surface area contributed by atoms with Crippen molar-refractivity contribution in [1.82, 2.24) is 20.2 Å². The maximum absolute atomic E-state index is 13.4. The number of aromatic nitrogens is 2. The number of nitrogens with zero attached hydrogens (tertiary/aromatic N) is 5. The number of nitrogens with one attached hydrogen (secondary N) is 1. The predicted octanol–water partition coefficient (Wildman–Crippen LogP) is 2.66. The van der Waals surface area contributed by atoms with Gasteiger partial charge in [0.1, 0.15) is 6.07 Å². The van der Waals surface area contributed by atoms with Gasteiger partial charge in [0.15, 0.2) is 0 Å². The summed E-state index contributed by atoms with van der Waals surface area (Å²) in [5.74, 6) is 0.0979. The number of urea groups is 1. The van der Waals surface area contributed by atoms with Crippen molar-refractivity contribution >= 4 is 11.7 Å². The molecule has 31 heavy (non-hydrogen) atoms. The van der Waals surface area contributed by atoms with E-state index >= 15 is 0 Å². The standard InChI is InChI=1S/C23H28N6O2/c1-25-23(18-6-4-3-5-7-18)10-8-22(9-11-23)17-28(21(30)29(22)12-13-31-2)19-15-26-20(14-24)27-16-19/h3-7,15-16,25H,8-13,17H2,1-2H3/t22-,23+. The van der Waals surface area contributed by atoms with Gasteiger partial charge in [0.25, 0.3) is 0 Å². The number of rotatable bonds is 6. The highest BCUT2D eigenvalue weighted by molar-refractivity contribution is 5.95. The minimum Gasteiger partial charge on any atom is -0.383 e.